The van der Waals surface area contributed by atoms with Crippen molar-refractivity contribution in [2.75, 3.05) is 13.1 Å². The molecule has 1 saturated heterocycles. The summed E-state index contributed by atoms with van der Waals surface area (Å²) in [5.41, 5.74) is 1.02. The van der Waals surface area contributed by atoms with Crippen molar-refractivity contribution in [3.63, 3.8) is 0 Å². The smallest absolute Gasteiger partial charge is 0.336 e. The van der Waals surface area contributed by atoms with Crippen LogP contribution in [0.25, 0.3) is 0 Å². The minimum atomic E-state index is -0.904. The van der Waals surface area contributed by atoms with Crippen molar-refractivity contribution in [1.82, 2.24) is 5.32 Å². The second-order valence-corrected chi connectivity index (χ2v) is 4.30. The van der Waals surface area contributed by atoms with Gasteiger partial charge in [0.15, 0.2) is 0 Å². The highest BCUT2D eigenvalue weighted by atomic mass is 16.5. The Hall–Kier alpha value is -1.55. The first-order chi connectivity index (χ1) is 8.18. The van der Waals surface area contributed by atoms with E-state index in [0.29, 0.717) is 16.9 Å². The Morgan fingerprint density at radius 1 is 1.41 bits per heavy atom. The van der Waals surface area contributed by atoms with E-state index in [9.17, 15) is 4.79 Å². The number of carbonyl (C=O) groups is 1. The van der Waals surface area contributed by atoms with E-state index in [1.807, 2.05) is 6.07 Å². The van der Waals surface area contributed by atoms with Crippen LogP contribution in [-0.4, -0.2) is 30.3 Å². The van der Waals surface area contributed by atoms with E-state index in [-0.39, 0.29) is 6.10 Å². The SMILES string of the molecule is Cc1c(OC2CCNCC2)cccc1C(=O)O. The molecule has 0 amide bonds. The number of piperidine rings is 1. The van der Waals surface area contributed by atoms with Gasteiger partial charge in [0.1, 0.15) is 11.9 Å². The largest absolute Gasteiger partial charge is 0.490 e. The molecule has 2 rings (SSSR count). The maximum absolute atomic E-state index is 11.0. The number of nitrogens with one attached hydrogen (secondary N) is 1. The van der Waals surface area contributed by atoms with E-state index in [0.717, 1.165) is 25.9 Å². The molecular weight excluding hydrogens is 218 g/mol. The predicted molar refractivity (Wildman–Crippen MR) is 64.7 cm³/mol. The van der Waals surface area contributed by atoms with Gasteiger partial charge in [0.05, 0.1) is 5.56 Å². The molecule has 1 heterocycles. The van der Waals surface area contributed by atoms with E-state index in [4.69, 9.17) is 9.84 Å². The summed E-state index contributed by atoms with van der Waals surface area (Å²) in [4.78, 5) is 11.0. The monoisotopic (exact) mass is 235 g/mol. The molecule has 1 aliphatic rings. The van der Waals surface area contributed by atoms with Crippen LogP contribution in [0.15, 0.2) is 18.2 Å². The first kappa shape index (κ1) is 11.9. The molecule has 4 nitrogen and oxygen atoms in total. The summed E-state index contributed by atoms with van der Waals surface area (Å²) in [6, 6.07) is 5.17. The standard InChI is InChI=1S/C13H17NO3/c1-9-11(13(15)16)3-2-4-12(9)17-10-5-7-14-8-6-10/h2-4,10,14H,5-8H2,1H3,(H,15,16). The van der Waals surface area contributed by atoms with Crippen molar-refractivity contribution in [2.24, 2.45) is 0 Å². The van der Waals surface area contributed by atoms with E-state index in [1.54, 1.807) is 19.1 Å². The topological polar surface area (TPSA) is 58.6 Å². The highest BCUT2D eigenvalue weighted by Crippen LogP contribution is 2.24. The minimum Gasteiger partial charge on any atom is -0.490 e. The lowest BCUT2D eigenvalue weighted by Crippen LogP contribution is -2.34. The Morgan fingerprint density at radius 3 is 2.76 bits per heavy atom. The third-order valence-corrected chi connectivity index (χ3v) is 3.09. The molecule has 0 unspecified atom stereocenters. The summed E-state index contributed by atoms with van der Waals surface area (Å²) in [6.07, 6.45) is 2.13. The second kappa shape index (κ2) is 5.19. The van der Waals surface area contributed by atoms with Crippen molar-refractivity contribution >= 4 is 5.97 Å². The number of benzene rings is 1. The molecule has 0 saturated carbocycles. The maximum atomic E-state index is 11.0. The first-order valence-corrected chi connectivity index (χ1v) is 5.89. The predicted octanol–water partition coefficient (Wildman–Crippen LogP) is 1.82. The van der Waals surface area contributed by atoms with Crippen LogP contribution in [0.1, 0.15) is 28.8 Å². The van der Waals surface area contributed by atoms with Crippen LogP contribution < -0.4 is 10.1 Å². The highest BCUT2D eigenvalue weighted by Gasteiger charge is 2.17. The number of hydrogen-bond acceptors (Lipinski definition) is 3. The van der Waals surface area contributed by atoms with E-state index in [1.165, 1.54) is 0 Å². The van der Waals surface area contributed by atoms with Crippen molar-refractivity contribution in [1.29, 1.82) is 0 Å². The van der Waals surface area contributed by atoms with Gasteiger partial charge in [-0.15, -0.1) is 0 Å². The lowest BCUT2D eigenvalue weighted by molar-refractivity contribution is 0.0694. The van der Waals surface area contributed by atoms with E-state index >= 15 is 0 Å². The van der Waals surface area contributed by atoms with Crippen LogP contribution in [0.3, 0.4) is 0 Å². The van der Waals surface area contributed by atoms with Crippen molar-refractivity contribution in [2.45, 2.75) is 25.9 Å². The van der Waals surface area contributed by atoms with E-state index in [2.05, 4.69) is 5.32 Å². The second-order valence-electron chi connectivity index (χ2n) is 4.30. The Kier molecular flexibility index (Phi) is 3.64. The number of rotatable bonds is 3. The van der Waals surface area contributed by atoms with Gasteiger partial charge < -0.3 is 15.2 Å². The fourth-order valence-corrected chi connectivity index (χ4v) is 2.07. The van der Waals surface area contributed by atoms with Gasteiger partial charge in [-0.1, -0.05) is 6.07 Å². The van der Waals surface area contributed by atoms with Gasteiger partial charge in [-0.25, -0.2) is 4.79 Å². The Labute approximate surface area is 101 Å². The maximum Gasteiger partial charge on any atom is 0.336 e. The Bertz CT molecular complexity index is 411. The first-order valence-electron chi connectivity index (χ1n) is 5.89. The van der Waals surface area contributed by atoms with Crippen molar-refractivity contribution in [3.05, 3.63) is 29.3 Å². The Morgan fingerprint density at radius 2 is 2.12 bits per heavy atom. The van der Waals surface area contributed by atoms with Gasteiger partial charge in [0.25, 0.3) is 0 Å². The molecule has 0 radical (unpaired) electrons. The third-order valence-electron chi connectivity index (χ3n) is 3.09. The summed E-state index contributed by atoms with van der Waals surface area (Å²) in [5.74, 6) is -0.213. The molecule has 2 N–H and O–H groups in total. The normalized spacial score (nSPS) is 16.8. The fourth-order valence-electron chi connectivity index (χ4n) is 2.07. The van der Waals surface area contributed by atoms with Gasteiger partial charge in [-0.3, -0.25) is 0 Å². The molecule has 1 aromatic carbocycles. The number of hydrogen-bond donors (Lipinski definition) is 2. The summed E-state index contributed by atoms with van der Waals surface area (Å²) < 4.78 is 5.87. The third kappa shape index (κ3) is 2.77. The van der Waals surface area contributed by atoms with Crippen LogP contribution in [0, 0.1) is 6.92 Å². The van der Waals surface area contributed by atoms with Crippen LogP contribution in [0.4, 0.5) is 0 Å². The fraction of sp³-hybridized carbons (Fsp3) is 0.462. The van der Waals surface area contributed by atoms with Gasteiger partial charge in [0, 0.05) is 5.56 Å². The zero-order valence-corrected chi connectivity index (χ0v) is 9.90. The molecule has 1 fully saturated rings. The summed E-state index contributed by atoms with van der Waals surface area (Å²) in [5, 5.41) is 12.3. The zero-order valence-electron chi connectivity index (χ0n) is 9.90. The molecular formula is C13H17NO3. The highest BCUT2D eigenvalue weighted by molar-refractivity contribution is 5.90. The van der Waals surface area contributed by atoms with Crippen LogP contribution >= 0.6 is 0 Å². The van der Waals surface area contributed by atoms with Gasteiger partial charge in [-0.05, 0) is 45.0 Å². The average molecular weight is 235 g/mol. The summed E-state index contributed by atoms with van der Waals surface area (Å²) in [7, 11) is 0. The van der Waals surface area contributed by atoms with Crippen molar-refractivity contribution < 1.29 is 14.6 Å². The molecule has 92 valence electrons. The van der Waals surface area contributed by atoms with E-state index < -0.39 is 5.97 Å². The molecule has 0 spiro atoms. The minimum absolute atomic E-state index is 0.194. The average Bonchev–Trinajstić information content (AvgIpc) is 2.33. The lowest BCUT2D eigenvalue weighted by Gasteiger charge is -2.24. The van der Waals surface area contributed by atoms with Gasteiger partial charge >= 0.3 is 5.97 Å². The summed E-state index contributed by atoms with van der Waals surface area (Å²) >= 11 is 0. The molecule has 0 aliphatic carbocycles. The Balaban J connectivity index is 2.15. The molecule has 0 bridgehead atoms. The number of carboxylic acids is 1. The molecule has 1 aromatic rings. The van der Waals surface area contributed by atoms with Crippen LogP contribution in [0.2, 0.25) is 0 Å². The summed E-state index contributed by atoms with van der Waals surface area (Å²) in [6.45, 7) is 3.71. The molecule has 0 atom stereocenters. The van der Waals surface area contributed by atoms with Crippen LogP contribution in [0.5, 0.6) is 5.75 Å². The molecule has 0 aromatic heterocycles. The van der Waals surface area contributed by atoms with Crippen LogP contribution in [-0.2, 0) is 0 Å². The van der Waals surface area contributed by atoms with Gasteiger partial charge in [-0.2, -0.15) is 0 Å². The van der Waals surface area contributed by atoms with Gasteiger partial charge in [0.2, 0.25) is 0 Å². The number of aromatic carboxylic acids is 1. The zero-order chi connectivity index (χ0) is 12.3. The van der Waals surface area contributed by atoms with Crippen molar-refractivity contribution in [3.8, 4) is 5.75 Å². The number of ether oxygens (including phenoxy) is 1. The quantitative estimate of drug-likeness (QED) is 0.839. The number of carboxylic acid groups (broad SMARTS) is 1. The molecule has 17 heavy (non-hydrogen) atoms. The lowest BCUT2D eigenvalue weighted by atomic mass is 10.1. The molecule has 1 aliphatic heterocycles. The molecule has 4 heteroatoms.